The van der Waals surface area contributed by atoms with Crippen molar-refractivity contribution in [2.45, 2.75) is 63.4 Å². The normalized spacial score (nSPS) is 20.3. The van der Waals surface area contributed by atoms with Gasteiger partial charge in [0.25, 0.3) is 0 Å². The van der Waals surface area contributed by atoms with Crippen LogP contribution in [0.2, 0.25) is 0 Å². The van der Waals surface area contributed by atoms with E-state index in [0.29, 0.717) is 0 Å². The number of ether oxygens (including phenoxy) is 3. The first-order valence-corrected chi connectivity index (χ1v) is 7.08. The van der Waals surface area contributed by atoms with Crippen molar-refractivity contribution in [1.29, 1.82) is 0 Å². The minimum atomic E-state index is -2.14. The molecule has 10 N–H and O–H groups in total. The summed E-state index contributed by atoms with van der Waals surface area (Å²) in [6.07, 6.45) is -11.5. The van der Waals surface area contributed by atoms with Crippen LogP contribution in [0.15, 0.2) is 0 Å². The molecule has 0 radical (unpaired) electrons. The molecule has 0 heterocycles. The molecule has 0 spiro atoms. The van der Waals surface area contributed by atoms with Crippen LogP contribution in [-0.4, -0.2) is 93.3 Å². The first kappa shape index (κ1) is 22.6. The fourth-order valence-electron chi connectivity index (χ4n) is 1.62. The van der Waals surface area contributed by atoms with E-state index < -0.39 is 49.6 Å². The van der Waals surface area contributed by atoms with Gasteiger partial charge in [-0.25, -0.2) is 0 Å². The second-order valence-corrected chi connectivity index (χ2v) is 4.99. The van der Waals surface area contributed by atoms with E-state index in [1.54, 1.807) is 0 Å². The highest BCUT2D eigenvalue weighted by atomic mass is 16.7. The molecule has 11 nitrogen and oxygen atoms in total. The smallest absolute Gasteiger partial charge is 0.209 e. The maximum Gasteiger partial charge on any atom is 0.209 e. The average Bonchev–Trinajstić information content (AvgIpc) is 2.47. The molecule has 0 saturated carbocycles. The zero-order valence-electron chi connectivity index (χ0n) is 13.1. The van der Waals surface area contributed by atoms with E-state index in [4.69, 9.17) is 35.9 Å². The van der Waals surface area contributed by atoms with Crippen molar-refractivity contribution < 1.29 is 44.8 Å². The first-order valence-electron chi connectivity index (χ1n) is 7.08. The molecule has 0 rings (SSSR count). The molecule has 23 heavy (non-hydrogen) atoms. The zero-order valence-corrected chi connectivity index (χ0v) is 13.1. The second kappa shape index (κ2) is 11.2. The first-order chi connectivity index (χ1) is 10.6. The van der Waals surface area contributed by atoms with Crippen molar-refractivity contribution in [3.63, 3.8) is 0 Å². The Morgan fingerprint density at radius 2 is 1.26 bits per heavy atom. The molecular formula is C12H28N2O9. The summed E-state index contributed by atoms with van der Waals surface area (Å²) in [5.41, 5.74) is 10.8. The van der Waals surface area contributed by atoms with Gasteiger partial charge in [-0.3, -0.25) is 0 Å². The summed E-state index contributed by atoms with van der Waals surface area (Å²) < 4.78 is 15.3. The minimum Gasteiger partial charge on any atom is -0.391 e. The van der Waals surface area contributed by atoms with Gasteiger partial charge in [-0.2, -0.15) is 0 Å². The number of rotatable bonds is 12. The Hall–Kier alpha value is -0.440. The lowest BCUT2D eigenvalue weighted by atomic mass is 10.2. The van der Waals surface area contributed by atoms with Crippen LogP contribution in [0.3, 0.4) is 0 Å². The monoisotopic (exact) mass is 344 g/mol. The second-order valence-electron chi connectivity index (χ2n) is 4.99. The summed E-state index contributed by atoms with van der Waals surface area (Å²) in [5.74, 6) is 0. The third-order valence-corrected chi connectivity index (χ3v) is 3.00. The maximum atomic E-state index is 9.46. The topological polar surface area (TPSA) is 201 Å². The molecule has 0 fully saturated rings. The van der Waals surface area contributed by atoms with Gasteiger partial charge in [0.05, 0.1) is 24.4 Å². The Bertz CT molecular complexity index is 306. The van der Waals surface area contributed by atoms with E-state index in [9.17, 15) is 20.4 Å². The Labute approximate surface area is 134 Å². The summed E-state index contributed by atoms with van der Waals surface area (Å²) in [4.78, 5) is 0. The third-order valence-electron chi connectivity index (χ3n) is 3.00. The third kappa shape index (κ3) is 8.28. The van der Waals surface area contributed by atoms with Gasteiger partial charge in [0.2, 0.25) is 25.2 Å². The molecule has 0 aliphatic carbocycles. The summed E-state index contributed by atoms with van der Waals surface area (Å²) in [6.45, 7) is 2.58. The van der Waals surface area contributed by atoms with E-state index in [1.807, 2.05) is 0 Å². The molecular weight excluding hydrogens is 316 g/mol. The molecule has 0 aliphatic rings. The van der Waals surface area contributed by atoms with Crippen molar-refractivity contribution >= 4 is 0 Å². The molecule has 0 aromatic carbocycles. The predicted octanol–water partition coefficient (Wildman–Crippen LogP) is -4.27. The summed E-state index contributed by atoms with van der Waals surface area (Å²) in [5, 5.41) is 54.9. The average molecular weight is 344 g/mol. The number of hydrogen-bond donors (Lipinski definition) is 8. The fourth-order valence-corrected chi connectivity index (χ4v) is 1.62. The lowest BCUT2D eigenvalue weighted by Crippen LogP contribution is -2.48. The van der Waals surface area contributed by atoms with Gasteiger partial charge in [0.15, 0.2) is 0 Å². The predicted molar refractivity (Wildman–Crippen MR) is 76.3 cm³/mol. The standard InChI is InChI=1S/C12H28N2O9/c1-5(15)7(3-13)23-12(10(18)19)21-6(2)8(4-14)22-11(20)9(16)17/h5-12,15-20H,3-4,13-14H2,1-2H3. The van der Waals surface area contributed by atoms with Gasteiger partial charge < -0.3 is 56.3 Å². The van der Waals surface area contributed by atoms with E-state index in [0.717, 1.165) is 0 Å². The van der Waals surface area contributed by atoms with Crippen LogP contribution in [0.25, 0.3) is 0 Å². The number of nitrogens with two attached hydrogens (primary N) is 2. The van der Waals surface area contributed by atoms with Crippen LogP contribution in [0.5, 0.6) is 0 Å². The van der Waals surface area contributed by atoms with Crippen molar-refractivity contribution in [2.24, 2.45) is 11.5 Å². The van der Waals surface area contributed by atoms with Crippen LogP contribution in [-0.2, 0) is 14.2 Å². The molecule has 0 aromatic rings. The van der Waals surface area contributed by atoms with Crippen LogP contribution in [0.1, 0.15) is 13.8 Å². The van der Waals surface area contributed by atoms with Gasteiger partial charge >= 0.3 is 0 Å². The zero-order chi connectivity index (χ0) is 18.2. The molecule has 0 aromatic heterocycles. The lowest BCUT2D eigenvalue weighted by Gasteiger charge is -2.32. The lowest BCUT2D eigenvalue weighted by molar-refractivity contribution is -0.310. The Balaban J connectivity index is 4.77. The van der Waals surface area contributed by atoms with Crippen LogP contribution in [0, 0.1) is 0 Å². The van der Waals surface area contributed by atoms with E-state index in [-0.39, 0.29) is 13.1 Å². The number of aliphatic hydroxyl groups excluding tert-OH is 4. The molecule has 0 saturated heterocycles. The Morgan fingerprint density at radius 3 is 1.61 bits per heavy atom. The quantitative estimate of drug-likeness (QED) is 0.159. The molecule has 0 bridgehead atoms. The maximum absolute atomic E-state index is 9.46. The van der Waals surface area contributed by atoms with Crippen LogP contribution >= 0.6 is 0 Å². The van der Waals surface area contributed by atoms with Crippen molar-refractivity contribution in [3.8, 4) is 0 Å². The molecule has 11 heteroatoms. The number of aliphatic hydroxyl groups is 6. The summed E-state index contributed by atoms with van der Waals surface area (Å²) in [6, 6.07) is 0. The van der Waals surface area contributed by atoms with Gasteiger partial charge in [-0.1, -0.05) is 0 Å². The Morgan fingerprint density at radius 1 is 0.739 bits per heavy atom. The highest BCUT2D eigenvalue weighted by Crippen LogP contribution is 2.14. The van der Waals surface area contributed by atoms with E-state index in [2.05, 4.69) is 0 Å². The highest BCUT2D eigenvalue weighted by molar-refractivity contribution is 4.71. The van der Waals surface area contributed by atoms with Crippen molar-refractivity contribution in [1.82, 2.24) is 0 Å². The summed E-state index contributed by atoms with van der Waals surface area (Å²) in [7, 11) is 0. The molecule has 6 unspecified atom stereocenters. The molecule has 6 atom stereocenters. The minimum absolute atomic E-state index is 0.0924. The van der Waals surface area contributed by atoms with Crippen molar-refractivity contribution in [2.75, 3.05) is 13.1 Å². The van der Waals surface area contributed by atoms with E-state index in [1.165, 1.54) is 13.8 Å². The van der Waals surface area contributed by atoms with Gasteiger partial charge in [-0.05, 0) is 13.8 Å². The van der Waals surface area contributed by atoms with Crippen molar-refractivity contribution in [3.05, 3.63) is 0 Å². The number of hydrogen-bond acceptors (Lipinski definition) is 11. The SMILES string of the molecule is CC(O)C(CN)OC(OC(C)C(CN)OC(O)C(O)O)C(O)O. The molecule has 0 amide bonds. The van der Waals surface area contributed by atoms with Gasteiger partial charge in [0.1, 0.15) is 0 Å². The summed E-state index contributed by atoms with van der Waals surface area (Å²) >= 11 is 0. The van der Waals surface area contributed by atoms with E-state index >= 15 is 0 Å². The highest BCUT2D eigenvalue weighted by Gasteiger charge is 2.31. The van der Waals surface area contributed by atoms with Crippen LogP contribution in [0.4, 0.5) is 0 Å². The molecule has 0 aliphatic heterocycles. The fraction of sp³-hybridized carbons (Fsp3) is 1.00. The Kier molecular flexibility index (Phi) is 11.0. The van der Waals surface area contributed by atoms with Gasteiger partial charge in [-0.15, -0.1) is 0 Å². The largest absolute Gasteiger partial charge is 0.391 e. The van der Waals surface area contributed by atoms with Gasteiger partial charge in [0, 0.05) is 13.1 Å². The molecule has 140 valence electrons. The van der Waals surface area contributed by atoms with Crippen LogP contribution < -0.4 is 11.5 Å².